The lowest BCUT2D eigenvalue weighted by atomic mass is 9.93. The molecule has 1 aromatic heterocycles. The summed E-state index contributed by atoms with van der Waals surface area (Å²) in [4.78, 5) is 25.5. The van der Waals surface area contributed by atoms with E-state index in [4.69, 9.17) is 4.74 Å². The molecule has 4 N–H and O–H groups in total. The Labute approximate surface area is 171 Å². The Hall–Kier alpha value is -1.70. The minimum Gasteiger partial charge on any atom is -0.394 e. The Kier molecular flexibility index (Phi) is 6.97. The third kappa shape index (κ3) is 4.00. The van der Waals surface area contributed by atoms with Crippen LogP contribution in [0.2, 0.25) is 16.6 Å². The van der Waals surface area contributed by atoms with Gasteiger partial charge < -0.3 is 20.1 Å². The van der Waals surface area contributed by atoms with Gasteiger partial charge >= 0.3 is 5.69 Å². The number of aliphatic hydroxyl groups is 3. The van der Waals surface area contributed by atoms with E-state index in [1.807, 2.05) is 0 Å². The van der Waals surface area contributed by atoms with Crippen molar-refractivity contribution in [3.05, 3.63) is 33.1 Å². The fourth-order valence-electron chi connectivity index (χ4n) is 4.58. The molecule has 1 aliphatic heterocycles. The van der Waals surface area contributed by atoms with Crippen LogP contribution < -0.4 is 11.2 Å². The van der Waals surface area contributed by atoms with Crippen LogP contribution in [0.4, 0.5) is 0 Å². The fourth-order valence-corrected chi connectivity index (χ4v) is 9.86. The highest BCUT2D eigenvalue weighted by atomic mass is 28.3. The quantitative estimate of drug-likeness (QED) is 0.408. The normalized spacial score (nSPS) is 27.5. The number of aromatic amines is 1. The molecule has 162 valence electrons. The van der Waals surface area contributed by atoms with Crippen LogP contribution >= 0.6 is 0 Å². The summed E-state index contributed by atoms with van der Waals surface area (Å²) in [7, 11) is -2.22. The van der Waals surface area contributed by atoms with Crippen LogP contribution in [0.25, 0.3) is 0 Å². The molecule has 0 saturated carbocycles. The molecule has 2 rings (SSSR count). The van der Waals surface area contributed by atoms with E-state index in [9.17, 15) is 24.9 Å². The van der Waals surface area contributed by atoms with Gasteiger partial charge in [-0.15, -0.1) is 5.54 Å². The van der Waals surface area contributed by atoms with Gasteiger partial charge in [-0.2, -0.15) is 0 Å². The molecule has 0 spiro atoms. The van der Waals surface area contributed by atoms with Gasteiger partial charge in [0.25, 0.3) is 5.56 Å². The molecule has 0 unspecified atom stereocenters. The number of aromatic nitrogens is 2. The Morgan fingerprint density at radius 3 is 2.21 bits per heavy atom. The van der Waals surface area contributed by atoms with Crippen LogP contribution in [-0.2, 0) is 4.74 Å². The van der Waals surface area contributed by atoms with Gasteiger partial charge in [-0.3, -0.25) is 14.3 Å². The number of nitrogens with one attached hydrogen (secondary N) is 1. The number of H-pyrrole nitrogens is 1. The highest BCUT2D eigenvalue weighted by Crippen LogP contribution is 2.42. The first-order chi connectivity index (χ1) is 13.4. The van der Waals surface area contributed by atoms with Gasteiger partial charge in [0.2, 0.25) is 0 Å². The summed E-state index contributed by atoms with van der Waals surface area (Å²) in [5, 5.41) is 31.8. The number of hydrogen-bond acceptors (Lipinski definition) is 6. The summed E-state index contributed by atoms with van der Waals surface area (Å²) in [6.45, 7) is 12.2. The highest BCUT2D eigenvalue weighted by Gasteiger charge is 2.56. The van der Waals surface area contributed by atoms with E-state index < -0.39 is 50.0 Å². The zero-order valence-electron chi connectivity index (χ0n) is 17.8. The molecule has 0 radical (unpaired) electrons. The molecule has 9 heteroatoms. The van der Waals surface area contributed by atoms with E-state index in [0.29, 0.717) is 16.6 Å². The smallest absolute Gasteiger partial charge is 0.330 e. The van der Waals surface area contributed by atoms with Gasteiger partial charge in [-0.1, -0.05) is 47.5 Å². The zero-order valence-corrected chi connectivity index (χ0v) is 18.8. The first kappa shape index (κ1) is 23.6. The number of nitrogens with zero attached hydrogens (tertiary/aromatic N) is 1. The van der Waals surface area contributed by atoms with Crippen LogP contribution in [0.1, 0.15) is 47.8 Å². The third-order valence-corrected chi connectivity index (χ3v) is 12.4. The van der Waals surface area contributed by atoms with Gasteiger partial charge in [-0.05, 0) is 16.6 Å². The fraction of sp³-hybridized carbons (Fsp3) is 0.700. The van der Waals surface area contributed by atoms with Gasteiger partial charge in [-0.25, -0.2) is 4.79 Å². The third-order valence-electron chi connectivity index (χ3n) is 6.15. The van der Waals surface area contributed by atoms with Crippen molar-refractivity contribution in [1.29, 1.82) is 0 Å². The Bertz CT molecular complexity index is 875. The van der Waals surface area contributed by atoms with Crippen molar-refractivity contribution in [1.82, 2.24) is 9.55 Å². The monoisotopic (exact) mass is 424 g/mol. The molecule has 0 aromatic carbocycles. The number of rotatable bonds is 5. The average molecular weight is 425 g/mol. The summed E-state index contributed by atoms with van der Waals surface area (Å²) in [5.41, 5.74) is 0.848. The van der Waals surface area contributed by atoms with E-state index in [0.717, 1.165) is 10.6 Å². The van der Waals surface area contributed by atoms with Crippen molar-refractivity contribution >= 4 is 8.07 Å². The molecule has 1 aromatic rings. The Morgan fingerprint density at radius 2 is 1.76 bits per heavy atom. The number of hydrogen-bond donors (Lipinski definition) is 4. The van der Waals surface area contributed by atoms with E-state index in [2.05, 4.69) is 58.0 Å². The Balaban J connectivity index is 2.55. The Morgan fingerprint density at radius 1 is 1.21 bits per heavy atom. The molecule has 2 heterocycles. The SMILES string of the molecule is CC(C)[Si](C#C[C@@]1(O)[C@@H](CO)O[C@@H](n2ccc(=O)[nH]c2=O)[C@@H]1O)(C(C)C)C(C)C. The molecule has 0 aliphatic carbocycles. The molecule has 0 amide bonds. The molecule has 29 heavy (non-hydrogen) atoms. The lowest BCUT2D eigenvalue weighted by Crippen LogP contribution is -2.50. The summed E-state index contributed by atoms with van der Waals surface area (Å²) in [6.07, 6.45) is -2.90. The van der Waals surface area contributed by atoms with E-state index in [1.54, 1.807) is 0 Å². The average Bonchev–Trinajstić information content (AvgIpc) is 2.86. The van der Waals surface area contributed by atoms with Crippen LogP contribution in [0.5, 0.6) is 0 Å². The van der Waals surface area contributed by atoms with Gasteiger partial charge in [0.05, 0.1) is 6.61 Å². The second kappa shape index (κ2) is 8.58. The first-order valence-electron chi connectivity index (χ1n) is 9.94. The predicted octanol–water partition coefficient (Wildman–Crippen LogP) is 0.740. The summed E-state index contributed by atoms with van der Waals surface area (Å²) in [5.74, 6) is 2.87. The largest absolute Gasteiger partial charge is 0.394 e. The molecule has 4 atom stereocenters. The van der Waals surface area contributed by atoms with Crippen molar-refractivity contribution < 1.29 is 20.1 Å². The maximum atomic E-state index is 12.1. The molecular formula is C20H32N2O6Si. The molecule has 1 aliphatic rings. The van der Waals surface area contributed by atoms with Crippen molar-refractivity contribution in [3.63, 3.8) is 0 Å². The lowest BCUT2D eigenvalue weighted by Gasteiger charge is -2.38. The first-order valence-corrected chi connectivity index (χ1v) is 12.2. The summed E-state index contributed by atoms with van der Waals surface area (Å²) in [6, 6.07) is 1.11. The standard InChI is InChI=1S/C20H32N2O6Si/c1-12(2)29(13(3)4,14(5)6)10-8-20(27)15(11-23)28-18(17(20)25)22-9-7-16(24)21-19(22)26/h7,9,12-15,17-18,23,25,27H,11H2,1-6H3,(H,21,24,26)/t15-,17+,18-,20-/m1/s1. The van der Waals surface area contributed by atoms with Gasteiger partial charge in [0.15, 0.2) is 11.8 Å². The molecule has 8 nitrogen and oxygen atoms in total. The van der Waals surface area contributed by atoms with Crippen LogP contribution in [0, 0.1) is 11.5 Å². The topological polar surface area (TPSA) is 125 Å². The maximum Gasteiger partial charge on any atom is 0.330 e. The zero-order chi connectivity index (χ0) is 22.1. The summed E-state index contributed by atoms with van der Waals surface area (Å²) >= 11 is 0. The maximum absolute atomic E-state index is 12.1. The number of aliphatic hydroxyl groups excluding tert-OH is 2. The van der Waals surface area contributed by atoms with E-state index in [-0.39, 0.29) is 0 Å². The van der Waals surface area contributed by atoms with E-state index in [1.165, 1.54) is 6.20 Å². The molecule has 1 saturated heterocycles. The van der Waals surface area contributed by atoms with Crippen molar-refractivity contribution in [2.24, 2.45) is 0 Å². The second-order valence-corrected chi connectivity index (χ2v) is 14.2. The van der Waals surface area contributed by atoms with Crippen LogP contribution in [0.3, 0.4) is 0 Å². The highest BCUT2D eigenvalue weighted by molar-refractivity contribution is 6.90. The van der Waals surface area contributed by atoms with Gasteiger partial charge in [0, 0.05) is 12.3 Å². The van der Waals surface area contributed by atoms with Crippen molar-refractivity contribution in [2.75, 3.05) is 6.61 Å². The molecular weight excluding hydrogens is 392 g/mol. The minimum absolute atomic E-state index is 0.309. The lowest BCUT2D eigenvalue weighted by molar-refractivity contribution is -0.0624. The van der Waals surface area contributed by atoms with Crippen LogP contribution in [0.15, 0.2) is 21.9 Å². The molecule has 0 bridgehead atoms. The summed E-state index contributed by atoms with van der Waals surface area (Å²) < 4.78 is 6.57. The molecule has 1 fully saturated rings. The van der Waals surface area contributed by atoms with Crippen molar-refractivity contribution in [2.45, 2.75) is 82.2 Å². The predicted molar refractivity (Wildman–Crippen MR) is 112 cm³/mol. The number of ether oxygens (including phenoxy) is 1. The van der Waals surface area contributed by atoms with Crippen molar-refractivity contribution in [3.8, 4) is 11.5 Å². The van der Waals surface area contributed by atoms with E-state index >= 15 is 0 Å². The minimum atomic E-state index is -2.22. The van der Waals surface area contributed by atoms with Crippen LogP contribution in [-0.4, -0.2) is 57.4 Å². The second-order valence-electron chi connectivity index (χ2n) is 8.63. The van der Waals surface area contributed by atoms with Gasteiger partial charge in [0.1, 0.15) is 20.3 Å².